The first kappa shape index (κ1) is 19.2. The van der Waals surface area contributed by atoms with Crippen LogP contribution in [0.4, 0.5) is 5.69 Å². The van der Waals surface area contributed by atoms with Gasteiger partial charge in [0.2, 0.25) is 5.91 Å². The molecule has 0 atom stereocenters. The number of nitrogens with zero attached hydrogens (tertiary/aromatic N) is 1. The highest BCUT2D eigenvalue weighted by Crippen LogP contribution is 2.24. The van der Waals surface area contributed by atoms with Crippen LogP contribution >= 0.6 is 11.3 Å². The van der Waals surface area contributed by atoms with Gasteiger partial charge in [0.05, 0.1) is 11.4 Å². The van der Waals surface area contributed by atoms with Gasteiger partial charge in [0.1, 0.15) is 0 Å². The predicted molar refractivity (Wildman–Crippen MR) is 105 cm³/mol. The van der Waals surface area contributed by atoms with Crippen LogP contribution in [0.2, 0.25) is 0 Å². The lowest BCUT2D eigenvalue weighted by Crippen LogP contribution is -2.34. The molecule has 0 spiro atoms. The molecule has 0 saturated carbocycles. The summed E-state index contributed by atoms with van der Waals surface area (Å²) in [5.41, 5.74) is 5.25. The van der Waals surface area contributed by atoms with Gasteiger partial charge in [-0.1, -0.05) is 24.6 Å². The number of nitrogens with one attached hydrogen (secondary N) is 1. The number of carbonyl (C=O) groups is 2. The number of rotatable bonds is 5. The molecule has 134 valence electrons. The van der Waals surface area contributed by atoms with Gasteiger partial charge in [0, 0.05) is 17.6 Å². The van der Waals surface area contributed by atoms with Crippen molar-refractivity contribution < 1.29 is 9.59 Å². The number of carbonyl (C=O) groups excluding carboxylic acids is 2. The minimum absolute atomic E-state index is 0.0317. The first-order valence-electron chi connectivity index (χ1n) is 8.45. The molecule has 2 aromatic rings. The summed E-state index contributed by atoms with van der Waals surface area (Å²) in [5.74, 6) is -0.296. The van der Waals surface area contributed by atoms with Crippen LogP contribution in [0.25, 0.3) is 0 Å². The van der Waals surface area contributed by atoms with Gasteiger partial charge in [-0.2, -0.15) is 0 Å². The van der Waals surface area contributed by atoms with Gasteiger partial charge in [-0.15, -0.1) is 11.3 Å². The molecule has 0 aliphatic rings. The minimum atomic E-state index is -0.185. The Kier molecular flexibility index (Phi) is 6.01. The molecule has 25 heavy (non-hydrogen) atoms. The van der Waals surface area contributed by atoms with E-state index in [0.717, 1.165) is 28.1 Å². The van der Waals surface area contributed by atoms with Crippen molar-refractivity contribution in [3.63, 3.8) is 0 Å². The third-order valence-electron chi connectivity index (χ3n) is 4.28. The van der Waals surface area contributed by atoms with Gasteiger partial charge < -0.3 is 10.2 Å². The van der Waals surface area contributed by atoms with Crippen LogP contribution in [0.1, 0.15) is 43.7 Å². The maximum atomic E-state index is 12.5. The smallest absolute Gasteiger partial charge is 0.264 e. The second-order valence-corrected chi connectivity index (χ2v) is 7.79. The van der Waals surface area contributed by atoms with Crippen LogP contribution in [-0.4, -0.2) is 30.3 Å². The average molecular weight is 359 g/mol. The Hall–Kier alpha value is -2.14. The summed E-state index contributed by atoms with van der Waals surface area (Å²) in [6.07, 6.45) is 0.909. The van der Waals surface area contributed by atoms with Crippen molar-refractivity contribution in [2.45, 2.75) is 41.0 Å². The van der Waals surface area contributed by atoms with Crippen molar-refractivity contribution in [3.05, 3.63) is 50.2 Å². The van der Waals surface area contributed by atoms with E-state index in [-0.39, 0.29) is 18.4 Å². The van der Waals surface area contributed by atoms with E-state index in [2.05, 4.69) is 12.2 Å². The fraction of sp³-hybridized carbons (Fsp3) is 0.400. The van der Waals surface area contributed by atoms with Gasteiger partial charge in [-0.25, -0.2) is 0 Å². The lowest BCUT2D eigenvalue weighted by Gasteiger charge is -2.18. The van der Waals surface area contributed by atoms with E-state index in [1.165, 1.54) is 27.4 Å². The number of benzene rings is 1. The molecule has 0 aliphatic heterocycles. The van der Waals surface area contributed by atoms with Gasteiger partial charge in [0.25, 0.3) is 5.91 Å². The lowest BCUT2D eigenvalue weighted by atomic mass is 10.1. The van der Waals surface area contributed by atoms with E-state index in [0.29, 0.717) is 4.88 Å². The fourth-order valence-electron chi connectivity index (χ4n) is 3.01. The number of likely N-dealkylation sites (N-methyl/N-ethyl adjacent to an activating group) is 1. The molecular weight excluding hydrogens is 332 g/mol. The zero-order chi connectivity index (χ0) is 18.7. The van der Waals surface area contributed by atoms with E-state index in [1.807, 2.05) is 45.9 Å². The third-order valence-corrected chi connectivity index (χ3v) is 5.36. The highest BCUT2D eigenvalue weighted by atomic mass is 32.1. The Morgan fingerprint density at radius 3 is 2.20 bits per heavy atom. The molecule has 0 fully saturated rings. The highest BCUT2D eigenvalue weighted by Gasteiger charge is 2.19. The number of amides is 2. The third kappa shape index (κ3) is 4.48. The summed E-state index contributed by atoms with van der Waals surface area (Å²) in [7, 11) is 1.66. The van der Waals surface area contributed by atoms with E-state index < -0.39 is 0 Å². The second kappa shape index (κ2) is 7.83. The van der Waals surface area contributed by atoms with Crippen LogP contribution in [0.3, 0.4) is 0 Å². The molecule has 4 nitrogen and oxygen atoms in total. The Bertz CT molecular complexity index is 785. The Morgan fingerprint density at radius 1 is 1.08 bits per heavy atom. The van der Waals surface area contributed by atoms with Crippen LogP contribution in [0.15, 0.2) is 18.2 Å². The molecule has 0 unspecified atom stereocenters. The zero-order valence-corrected chi connectivity index (χ0v) is 16.6. The van der Waals surface area contributed by atoms with E-state index in [9.17, 15) is 9.59 Å². The maximum Gasteiger partial charge on any atom is 0.264 e. The molecule has 0 aliphatic carbocycles. The first-order valence-corrected chi connectivity index (χ1v) is 9.27. The molecule has 2 rings (SSSR count). The largest absolute Gasteiger partial charge is 0.332 e. The summed E-state index contributed by atoms with van der Waals surface area (Å²) < 4.78 is 0. The lowest BCUT2D eigenvalue weighted by molar-refractivity contribution is -0.116. The molecule has 0 saturated heterocycles. The highest BCUT2D eigenvalue weighted by molar-refractivity contribution is 7.14. The number of thiophene rings is 1. The van der Waals surface area contributed by atoms with Crippen LogP contribution in [0.5, 0.6) is 0 Å². The van der Waals surface area contributed by atoms with E-state index in [1.54, 1.807) is 7.05 Å². The van der Waals surface area contributed by atoms with Crippen molar-refractivity contribution in [3.8, 4) is 0 Å². The van der Waals surface area contributed by atoms with Gasteiger partial charge >= 0.3 is 0 Å². The molecule has 2 amide bonds. The molecule has 1 N–H and O–H groups in total. The quantitative estimate of drug-likeness (QED) is 0.868. The van der Waals surface area contributed by atoms with Gasteiger partial charge in [-0.3, -0.25) is 9.59 Å². The van der Waals surface area contributed by atoms with E-state index >= 15 is 0 Å². The summed E-state index contributed by atoms with van der Waals surface area (Å²) >= 11 is 1.49. The number of anilines is 1. The van der Waals surface area contributed by atoms with Crippen LogP contribution in [-0.2, 0) is 11.2 Å². The molecule has 1 aromatic carbocycles. The minimum Gasteiger partial charge on any atom is -0.332 e. The summed E-state index contributed by atoms with van der Waals surface area (Å²) in [6.45, 7) is 10.1. The summed E-state index contributed by atoms with van der Waals surface area (Å²) in [4.78, 5) is 28.2. The SMILES string of the molecule is CCc1cc(C(=O)N(C)CC(=O)Nc2c(C)cc(C)cc2C)sc1C. The molecule has 5 heteroatoms. The topological polar surface area (TPSA) is 49.4 Å². The van der Waals surface area contributed by atoms with Crippen molar-refractivity contribution in [2.24, 2.45) is 0 Å². The number of hydrogen-bond acceptors (Lipinski definition) is 3. The molecular formula is C20H26N2O2S. The van der Waals surface area contributed by atoms with Gasteiger partial charge in [-0.05, 0) is 56.9 Å². The normalized spacial score (nSPS) is 10.6. The number of hydrogen-bond donors (Lipinski definition) is 1. The summed E-state index contributed by atoms with van der Waals surface area (Å²) in [6, 6.07) is 6.02. The van der Waals surface area contributed by atoms with E-state index in [4.69, 9.17) is 0 Å². The fourth-order valence-corrected chi connectivity index (χ4v) is 4.12. The summed E-state index contributed by atoms with van der Waals surface area (Å²) in [5, 5.41) is 2.94. The monoisotopic (exact) mass is 358 g/mol. The molecule has 1 heterocycles. The first-order chi connectivity index (χ1) is 11.7. The Morgan fingerprint density at radius 2 is 1.68 bits per heavy atom. The Labute approximate surface area is 153 Å². The van der Waals surface area contributed by atoms with Crippen molar-refractivity contribution in [2.75, 3.05) is 18.9 Å². The molecule has 0 bridgehead atoms. The predicted octanol–water partition coefficient (Wildman–Crippen LogP) is 4.25. The zero-order valence-electron chi connectivity index (χ0n) is 15.8. The van der Waals surface area contributed by atoms with Crippen LogP contribution in [0, 0.1) is 27.7 Å². The van der Waals surface area contributed by atoms with Crippen molar-refractivity contribution in [1.29, 1.82) is 0 Å². The van der Waals surface area contributed by atoms with Crippen LogP contribution < -0.4 is 5.32 Å². The van der Waals surface area contributed by atoms with Crippen molar-refractivity contribution >= 4 is 28.8 Å². The average Bonchev–Trinajstić information content (AvgIpc) is 2.91. The van der Waals surface area contributed by atoms with Crippen molar-refractivity contribution in [1.82, 2.24) is 4.90 Å². The molecule has 1 aromatic heterocycles. The standard InChI is InChI=1S/C20H26N2O2S/c1-7-16-10-17(25-15(16)5)20(24)22(6)11-18(23)21-19-13(3)8-12(2)9-14(19)4/h8-10H,7,11H2,1-6H3,(H,21,23). The molecule has 0 radical (unpaired) electrons. The Balaban J connectivity index is 2.06. The second-order valence-electron chi connectivity index (χ2n) is 6.53. The maximum absolute atomic E-state index is 12.5. The number of aryl methyl sites for hydroxylation is 5. The van der Waals surface area contributed by atoms with Gasteiger partial charge in [0.15, 0.2) is 0 Å².